The molecule has 2 fully saturated rings. The number of amides is 2. The van der Waals surface area contributed by atoms with Crippen LogP contribution >= 0.6 is 0 Å². The minimum Gasteiger partial charge on any atom is -0.356 e. The zero-order chi connectivity index (χ0) is 19.4. The average molecular weight is 375 g/mol. The summed E-state index contributed by atoms with van der Waals surface area (Å²) in [6.07, 6.45) is 6.23. The van der Waals surface area contributed by atoms with Crippen molar-refractivity contribution in [1.29, 1.82) is 0 Å². The lowest BCUT2D eigenvalue weighted by Crippen LogP contribution is -2.49. The molecule has 2 saturated heterocycles. The zero-order valence-electron chi connectivity index (χ0n) is 17.0. The van der Waals surface area contributed by atoms with Gasteiger partial charge in [-0.05, 0) is 56.7 Å². The van der Waals surface area contributed by atoms with Gasteiger partial charge >= 0.3 is 0 Å². The van der Waals surface area contributed by atoms with Crippen molar-refractivity contribution in [3.63, 3.8) is 0 Å². The molecule has 6 nitrogen and oxygen atoms in total. The van der Waals surface area contributed by atoms with Crippen molar-refractivity contribution in [3.05, 3.63) is 23.5 Å². The summed E-state index contributed by atoms with van der Waals surface area (Å²) in [7, 11) is 0. The van der Waals surface area contributed by atoms with Crippen LogP contribution in [0.5, 0.6) is 0 Å². The van der Waals surface area contributed by atoms with Gasteiger partial charge in [0.25, 0.3) is 11.8 Å². The predicted molar refractivity (Wildman–Crippen MR) is 107 cm³/mol. The number of aromatic nitrogens is 1. The topological polar surface area (TPSA) is 68.4 Å². The Balaban J connectivity index is 1.55. The molecule has 1 aromatic rings. The largest absolute Gasteiger partial charge is 0.356 e. The van der Waals surface area contributed by atoms with Gasteiger partial charge in [-0.15, -0.1) is 0 Å². The Morgan fingerprint density at radius 3 is 2.48 bits per heavy atom. The van der Waals surface area contributed by atoms with E-state index in [4.69, 9.17) is 0 Å². The maximum absolute atomic E-state index is 12.6. The fourth-order valence-electron chi connectivity index (χ4n) is 4.19. The number of nitrogens with zero attached hydrogens (tertiary/aromatic N) is 2. The number of hydrogen-bond donors (Lipinski definition) is 2. The summed E-state index contributed by atoms with van der Waals surface area (Å²) >= 11 is 0. The molecule has 0 aromatic carbocycles. The molecule has 3 rings (SSSR count). The third-order valence-corrected chi connectivity index (χ3v) is 6.10. The van der Waals surface area contributed by atoms with E-state index in [9.17, 15) is 9.59 Å². The fraction of sp³-hybridized carbons (Fsp3) is 0.714. The van der Waals surface area contributed by atoms with Gasteiger partial charge in [-0.1, -0.05) is 20.8 Å². The van der Waals surface area contributed by atoms with Gasteiger partial charge in [0.15, 0.2) is 0 Å². The van der Waals surface area contributed by atoms with E-state index >= 15 is 0 Å². The summed E-state index contributed by atoms with van der Waals surface area (Å²) in [4.78, 5) is 32.4. The number of carbonyl (C=O) groups excluding carboxylic acids is 2. The van der Waals surface area contributed by atoms with Crippen LogP contribution in [0.25, 0.3) is 0 Å². The summed E-state index contributed by atoms with van der Waals surface area (Å²) in [5.41, 5.74) is 1.04. The molecule has 2 aliphatic heterocycles. The molecule has 27 heavy (non-hydrogen) atoms. The van der Waals surface area contributed by atoms with Crippen molar-refractivity contribution in [1.82, 2.24) is 20.1 Å². The first-order chi connectivity index (χ1) is 13.0. The van der Waals surface area contributed by atoms with Crippen molar-refractivity contribution in [3.8, 4) is 0 Å². The third-order valence-electron chi connectivity index (χ3n) is 6.10. The van der Waals surface area contributed by atoms with Gasteiger partial charge in [-0.25, -0.2) is 0 Å². The molecular formula is C21H34N4O2. The Bertz CT molecular complexity index is 640. The molecule has 3 heterocycles. The van der Waals surface area contributed by atoms with Crippen LogP contribution in [-0.2, 0) is 0 Å². The summed E-state index contributed by atoms with van der Waals surface area (Å²) in [6, 6.07) is 2.04. The van der Waals surface area contributed by atoms with Gasteiger partial charge in [0, 0.05) is 31.9 Å². The van der Waals surface area contributed by atoms with E-state index < -0.39 is 0 Å². The van der Waals surface area contributed by atoms with Crippen LogP contribution in [-0.4, -0.2) is 65.4 Å². The Kier molecular flexibility index (Phi) is 6.58. The lowest BCUT2D eigenvalue weighted by Gasteiger charge is -2.38. The van der Waals surface area contributed by atoms with E-state index in [-0.39, 0.29) is 11.8 Å². The number of aromatic amines is 1. The normalized spacial score (nSPS) is 20.2. The highest BCUT2D eigenvalue weighted by Gasteiger charge is 2.26. The quantitative estimate of drug-likeness (QED) is 0.804. The molecule has 0 aliphatic carbocycles. The lowest BCUT2D eigenvalue weighted by atomic mass is 9.94. The van der Waals surface area contributed by atoms with E-state index in [1.807, 2.05) is 4.90 Å². The van der Waals surface area contributed by atoms with Crippen molar-refractivity contribution < 1.29 is 9.59 Å². The number of carbonyl (C=O) groups is 2. The van der Waals surface area contributed by atoms with Gasteiger partial charge in [-0.3, -0.25) is 14.5 Å². The smallest absolute Gasteiger partial charge is 0.270 e. The molecule has 1 atom stereocenters. The molecule has 1 aromatic heterocycles. The minimum absolute atomic E-state index is 0.00552. The fourth-order valence-corrected chi connectivity index (χ4v) is 4.19. The van der Waals surface area contributed by atoms with Crippen LogP contribution < -0.4 is 5.32 Å². The second-order valence-electron chi connectivity index (χ2n) is 8.54. The van der Waals surface area contributed by atoms with E-state index in [0.717, 1.165) is 44.9 Å². The van der Waals surface area contributed by atoms with Crippen LogP contribution in [0.1, 0.15) is 67.3 Å². The van der Waals surface area contributed by atoms with Crippen LogP contribution in [0.3, 0.4) is 0 Å². The van der Waals surface area contributed by atoms with Gasteiger partial charge in [0.2, 0.25) is 0 Å². The Hall–Kier alpha value is -1.82. The zero-order valence-corrected chi connectivity index (χ0v) is 17.0. The average Bonchev–Trinajstić information content (AvgIpc) is 3.34. The van der Waals surface area contributed by atoms with E-state index in [0.29, 0.717) is 29.8 Å². The summed E-state index contributed by atoms with van der Waals surface area (Å²) in [6.45, 7) is 11.2. The molecular weight excluding hydrogens is 340 g/mol. The van der Waals surface area contributed by atoms with E-state index in [1.54, 1.807) is 12.3 Å². The van der Waals surface area contributed by atoms with Crippen molar-refractivity contribution >= 4 is 11.8 Å². The second kappa shape index (κ2) is 8.91. The first-order valence-corrected chi connectivity index (χ1v) is 10.5. The molecule has 6 heteroatoms. The molecule has 0 bridgehead atoms. The summed E-state index contributed by atoms with van der Waals surface area (Å²) in [5, 5.41) is 3.09. The van der Waals surface area contributed by atoms with E-state index in [2.05, 4.69) is 36.0 Å². The highest BCUT2D eigenvalue weighted by Crippen LogP contribution is 2.21. The molecule has 0 saturated carbocycles. The molecule has 2 aliphatic rings. The highest BCUT2D eigenvalue weighted by molar-refractivity contribution is 5.99. The first-order valence-electron chi connectivity index (χ1n) is 10.5. The number of hydrogen-bond acceptors (Lipinski definition) is 3. The summed E-state index contributed by atoms with van der Waals surface area (Å²) in [5.74, 6) is 1.17. The van der Waals surface area contributed by atoms with Crippen molar-refractivity contribution in [2.75, 3.05) is 32.7 Å². The van der Waals surface area contributed by atoms with Crippen LogP contribution in [0.4, 0.5) is 0 Å². The number of H-pyrrole nitrogens is 1. The monoisotopic (exact) mass is 374 g/mol. The van der Waals surface area contributed by atoms with E-state index in [1.165, 1.54) is 12.8 Å². The molecule has 0 spiro atoms. The van der Waals surface area contributed by atoms with Crippen LogP contribution in [0.2, 0.25) is 0 Å². The molecule has 2 amide bonds. The van der Waals surface area contributed by atoms with Gasteiger partial charge < -0.3 is 15.2 Å². The standard InChI is InChI=1S/C21H34N4O2/c1-15(2)19(24-10-6-16(3)7-11-24)14-23-20(26)17-12-18(22-13-17)21(27)25-8-4-5-9-25/h12-13,15-16,19,22H,4-11,14H2,1-3H3,(H,23,26). The van der Waals surface area contributed by atoms with Crippen LogP contribution in [0, 0.1) is 11.8 Å². The SMILES string of the molecule is CC1CCN(C(CNC(=O)c2c[nH]c(C(=O)N3CCCC3)c2)C(C)C)CC1. The molecule has 2 N–H and O–H groups in total. The third kappa shape index (κ3) is 4.92. The Morgan fingerprint density at radius 1 is 1.19 bits per heavy atom. The van der Waals surface area contributed by atoms with Gasteiger partial charge in [0.1, 0.15) is 5.69 Å². The maximum Gasteiger partial charge on any atom is 0.270 e. The number of rotatable bonds is 6. The van der Waals surface area contributed by atoms with Crippen LogP contribution in [0.15, 0.2) is 12.3 Å². The molecule has 0 radical (unpaired) electrons. The number of likely N-dealkylation sites (tertiary alicyclic amines) is 2. The van der Waals surface area contributed by atoms with Gasteiger partial charge in [0.05, 0.1) is 5.56 Å². The van der Waals surface area contributed by atoms with Crippen molar-refractivity contribution in [2.24, 2.45) is 11.8 Å². The molecule has 1 unspecified atom stereocenters. The highest BCUT2D eigenvalue weighted by atomic mass is 16.2. The number of nitrogens with one attached hydrogen (secondary N) is 2. The predicted octanol–water partition coefficient (Wildman–Crippen LogP) is 2.74. The van der Waals surface area contributed by atoms with Gasteiger partial charge in [-0.2, -0.15) is 0 Å². The maximum atomic E-state index is 12.6. The number of piperidine rings is 1. The Labute approximate surface area is 162 Å². The Morgan fingerprint density at radius 2 is 1.85 bits per heavy atom. The molecule has 150 valence electrons. The second-order valence-corrected chi connectivity index (χ2v) is 8.54. The summed E-state index contributed by atoms with van der Waals surface area (Å²) < 4.78 is 0. The first kappa shape index (κ1) is 19.9. The minimum atomic E-state index is -0.109. The van der Waals surface area contributed by atoms with Crippen molar-refractivity contribution in [2.45, 2.75) is 52.5 Å². The lowest BCUT2D eigenvalue weighted by molar-refractivity contribution is 0.0787.